The molecular formula is C18H23ClS. The first-order valence-electron chi connectivity index (χ1n) is 7.17. The Labute approximate surface area is 131 Å². The molecule has 20 heavy (non-hydrogen) atoms. The van der Waals surface area contributed by atoms with Crippen molar-refractivity contribution in [2.24, 2.45) is 0 Å². The molecule has 1 aromatic carbocycles. The molecule has 0 saturated heterocycles. The minimum atomic E-state index is -0.0250. The highest BCUT2D eigenvalue weighted by Gasteiger charge is 2.22. The Hall–Kier alpha value is -0.790. The second-order valence-corrected chi connectivity index (χ2v) is 6.95. The van der Waals surface area contributed by atoms with Crippen LogP contribution in [0.1, 0.15) is 56.1 Å². The lowest BCUT2D eigenvalue weighted by Crippen LogP contribution is -2.06. The summed E-state index contributed by atoms with van der Waals surface area (Å²) in [4.78, 5) is 1.31. The van der Waals surface area contributed by atoms with E-state index in [1.54, 1.807) is 11.3 Å². The quantitative estimate of drug-likeness (QED) is 0.594. The first-order valence-corrected chi connectivity index (χ1v) is 8.48. The molecule has 1 heterocycles. The molecule has 0 nitrogen and oxygen atoms in total. The molecule has 2 heteroatoms. The molecule has 1 aromatic heterocycles. The highest BCUT2D eigenvalue weighted by Crippen LogP contribution is 2.40. The van der Waals surface area contributed by atoms with E-state index in [1.165, 1.54) is 43.8 Å². The summed E-state index contributed by atoms with van der Waals surface area (Å²) in [6.45, 7) is 13.2. The monoisotopic (exact) mass is 306 g/mol. The molecule has 0 aliphatic heterocycles. The van der Waals surface area contributed by atoms with Crippen LogP contribution in [-0.4, -0.2) is 0 Å². The second kappa shape index (κ2) is 5.91. The van der Waals surface area contributed by atoms with Gasteiger partial charge in [0, 0.05) is 4.88 Å². The zero-order valence-corrected chi connectivity index (χ0v) is 14.8. The van der Waals surface area contributed by atoms with E-state index in [0.717, 1.165) is 6.42 Å². The van der Waals surface area contributed by atoms with Crippen LogP contribution in [0.15, 0.2) is 11.4 Å². The summed E-state index contributed by atoms with van der Waals surface area (Å²) in [6.07, 6.45) is 1.05. The minimum Gasteiger partial charge on any atom is -0.147 e. The molecular weight excluding hydrogens is 284 g/mol. The molecule has 0 amide bonds. The van der Waals surface area contributed by atoms with Crippen LogP contribution in [0.3, 0.4) is 0 Å². The highest BCUT2D eigenvalue weighted by molar-refractivity contribution is 7.10. The predicted octanol–water partition coefficient (Wildman–Crippen LogP) is 6.18. The molecule has 108 valence electrons. The Bertz CT molecular complexity index is 608. The van der Waals surface area contributed by atoms with Gasteiger partial charge in [-0.05, 0) is 91.4 Å². The van der Waals surface area contributed by atoms with Crippen molar-refractivity contribution in [3.8, 4) is 0 Å². The number of hydrogen-bond donors (Lipinski definition) is 0. The van der Waals surface area contributed by atoms with Crippen LogP contribution >= 0.6 is 22.9 Å². The largest absolute Gasteiger partial charge is 0.147 e. The van der Waals surface area contributed by atoms with Crippen LogP contribution < -0.4 is 0 Å². The molecule has 0 bridgehead atoms. The van der Waals surface area contributed by atoms with Gasteiger partial charge in [-0.2, -0.15) is 0 Å². The van der Waals surface area contributed by atoms with E-state index in [2.05, 4.69) is 53.0 Å². The Balaban J connectivity index is 2.64. The first-order chi connectivity index (χ1) is 9.40. The third kappa shape index (κ3) is 2.42. The van der Waals surface area contributed by atoms with Gasteiger partial charge in [0.1, 0.15) is 0 Å². The molecule has 0 radical (unpaired) electrons. The van der Waals surface area contributed by atoms with Gasteiger partial charge in [0.2, 0.25) is 0 Å². The Morgan fingerprint density at radius 3 is 1.95 bits per heavy atom. The van der Waals surface area contributed by atoms with Crippen molar-refractivity contribution in [1.82, 2.24) is 0 Å². The summed E-state index contributed by atoms with van der Waals surface area (Å²) < 4.78 is 0. The fraction of sp³-hybridized carbons (Fsp3) is 0.444. The highest BCUT2D eigenvalue weighted by atomic mass is 35.5. The molecule has 0 N–H and O–H groups in total. The standard InChI is InChI=1S/C18H23ClS/c1-7-15-8-9-20-18(15)17(19)16-13(5)11(3)10(2)12(4)14(16)6/h8-9,17H,7H2,1-6H3. The molecule has 0 fully saturated rings. The van der Waals surface area contributed by atoms with Gasteiger partial charge in [-0.3, -0.25) is 0 Å². The molecule has 1 atom stereocenters. The molecule has 2 rings (SSSR count). The maximum atomic E-state index is 6.87. The van der Waals surface area contributed by atoms with Crippen molar-refractivity contribution in [2.75, 3.05) is 0 Å². The van der Waals surface area contributed by atoms with Crippen molar-refractivity contribution in [1.29, 1.82) is 0 Å². The van der Waals surface area contributed by atoms with Gasteiger partial charge in [0.15, 0.2) is 0 Å². The van der Waals surface area contributed by atoms with Gasteiger partial charge in [0.05, 0.1) is 5.38 Å². The smallest absolute Gasteiger partial charge is 0.0935 e. The van der Waals surface area contributed by atoms with Crippen LogP contribution in [0.25, 0.3) is 0 Å². The maximum Gasteiger partial charge on any atom is 0.0935 e. The van der Waals surface area contributed by atoms with Crippen LogP contribution in [0.5, 0.6) is 0 Å². The number of thiophene rings is 1. The van der Waals surface area contributed by atoms with E-state index in [-0.39, 0.29) is 5.38 Å². The van der Waals surface area contributed by atoms with E-state index in [1.807, 2.05) is 0 Å². The number of hydrogen-bond acceptors (Lipinski definition) is 1. The van der Waals surface area contributed by atoms with E-state index in [4.69, 9.17) is 11.6 Å². The number of aryl methyl sites for hydroxylation is 1. The fourth-order valence-electron chi connectivity index (χ4n) is 2.90. The molecule has 0 aliphatic carbocycles. The predicted molar refractivity (Wildman–Crippen MR) is 91.5 cm³/mol. The molecule has 0 saturated carbocycles. The van der Waals surface area contributed by atoms with Crippen molar-refractivity contribution >= 4 is 22.9 Å². The number of benzene rings is 1. The van der Waals surface area contributed by atoms with Crippen molar-refractivity contribution in [3.63, 3.8) is 0 Å². The lowest BCUT2D eigenvalue weighted by atomic mass is 9.87. The summed E-state index contributed by atoms with van der Waals surface area (Å²) in [7, 11) is 0. The van der Waals surface area contributed by atoms with Gasteiger partial charge >= 0.3 is 0 Å². The van der Waals surface area contributed by atoms with Crippen molar-refractivity contribution in [3.05, 3.63) is 55.3 Å². The van der Waals surface area contributed by atoms with Gasteiger partial charge in [0.25, 0.3) is 0 Å². The summed E-state index contributed by atoms with van der Waals surface area (Å²) in [5.41, 5.74) is 9.54. The summed E-state index contributed by atoms with van der Waals surface area (Å²) in [5, 5.41) is 2.13. The van der Waals surface area contributed by atoms with Gasteiger partial charge in [-0.15, -0.1) is 22.9 Å². The summed E-state index contributed by atoms with van der Waals surface area (Å²) >= 11 is 8.65. The second-order valence-electron chi connectivity index (χ2n) is 5.56. The minimum absolute atomic E-state index is 0.0250. The number of alkyl halides is 1. The van der Waals surface area contributed by atoms with Crippen LogP contribution in [0.2, 0.25) is 0 Å². The number of rotatable bonds is 3. The zero-order valence-electron chi connectivity index (χ0n) is 13.2. The van der Waals surface area contributed by atoms with Gasteiger partial charge < -0.3 is 0 Å². The van der Waals surface area contributed by atoms with E-state index in [0.29, 0.717) is 0 Å². The van der Waals surface area contributed by atoms with Crippen LogP contribution in [0, 0.1) is 34.6 Å². The first kappa shape index (κ1) is 15.6. The van der Waals surface area contributed by atoms with E-state index >= 15 is 0 Å². The van der Waals surface area contributed by atoms with Crippen molar-refractivity contribution in [2.45, 2.75) is 53.3 Å². The third-order valence-corrected chi connectivity index (χ3v) is 6.29. The third-order valence-electron chi connectivity index (χ3n) is 4.70. The number of halogens is 1. The molecule has 2 aromatic rings. The Morgan fingerprint density at radius 2 is 1.45 bits per heavy atom. The molecule has 1 unspecified atom stereocenters. The lowest BCUT2D eigenvalue weighted by molar-refractivity contribution is 1.02. The Morgan fingerprint density at radius 1 is 0.950 bits per heavy atom. The normalized spacial score (nSPS) is 12.8. The average Bonchev–Trinajstić information content (AvgIpc) is 2.91. The zero-order chi connectivity index (χ0) is 15.0. The summed E-state index contributed by atoms with van der Waals surface area (Å²) in [5.74, 6) is 0. The Kier molecular flexibility index (Phi) is 4.61. The van der Waals surface area contributed by atoms with Crippen LogP contribution in [-0.2, 0) is 6.42 Å². The van der Waals surface area contributed by atoms with E-state index in [9.17, 15) is 0 Å². The SMILES string of the molecule is CCc1ccsc1C(Cl)c1c(C)c(C)c(C)c(C)c1C. The lowest BCUT2D eigenvalue weighted by Gasteiger charge is -2.22. The molecule has 0 spiro atoms. The fourth-order valence-corrected chi connectivity index (χ4v) is 4.50. The summed E-state index contributed by atoms with van der Waals surface area (Å²) in [6, 6.07) is 2.20. The topological polar surface area (TPSA) is 0 Å². The van der Waals surface area contributed by atoms with E-state index < -0.39 is 0 Å². The van der Waals surface area contributed by atoms with Gasteiger partial charge in [-0.25, -0.2) is 0 Å². The van der Waals surface area contributed by atoms with Gasteiger partial charge in [-0.1, -0.05) is 6.92 Å². The molecule has 0 aliphatic rings. The van der Waals surface area contributed by atoms with Crippen LogP contribution in [0.4, 0.5) is 0 Å². The maximum absolute atomic E-state index is 6.87. The average molecular weight is 307 g/mol. The van der Waals surface area contributed by atoms with Crippen molar-refractivity contribution < 1.29 is 0 Å².